The fraction of sp³-hybridized carbons (Fsp3) is 0.167. The van der Waals surface area contributed by atoms with E-state index in [1.54, 1.807) is 24.3 Å². The molecular formula is C24H21ClN2O5. The van der Waals surface area contributed by atoms with Crippen molar-refractivity contribution in [1.82, 2.24) is 5.32 Å². The van der Waals surface area contributed by atoms with Crippen LogP contribution in [-0.2, 0) is 4.79 Å². The highest BCUT2D eigenvalue weighted by atomic mass is 35.5. The first-order chi connectivity index (χ1) is 15.6. The molecule has 0 radical (unpaired) electrons. The molecule has 0 fully saturated rings. The Labute approximate surface area is 190 Å². The second-order valence-corrected chi connectivity index (χ2v) is 7.49. The van der Waals surface area contributed by atoms with E-state index in [9.17, 15) is 9.59 Å². The molecule has 1 unspecified atom stereocenters. The summed E-state index contributed by atoms with van der Waals surface area (Å²) in [5.74, 6) is 0.841. The van der Waals surface area contributed by atoms with Gasteiger partial charge in [0.25, 0.3) is 11.8 Å². The number of para-hydroxylation sites is 3. The van der Waals surface area contributed by atoms with Crippen molar-refractivity contribution in [2.24, 2.45) is 0 Å². The summed E-state index contributed by atoms with van der Waals surface area (Å²) in [6.07, 6.45) is -0.309. The first-order valence-electron chi connectivity index (χ1n) is 10.0. The van der Waals surface area contributed by atoms with Crippen molar-refractivity contribution in [2.75, 3.05) is 25.1 Å². The molecule has 164 valence electrons. The number of benzene rings is 3. The smallest absolute Gasteiger partial charge is 0.259 e. The van der Waals surface area contributed by atoms with Crippen molar-refractivity contribution in [1.29, 1.82) is 0 Å². The van der Waals surface area contributed by atoms with Crippen LogP contribution in [0.2, 0.25) is 5.02 Å². The highest BCUT2D eigenvalue weighted by Gasteiger charge is 2.21. The van der Waals surface area contributed by atoms with Gasteiger partial charge in [-0.25, -0.2) is 0 Å². The average Bonchev–Trinajstić information content (AvgIpc) is 2.82. The number of rotatable bonds is 7. The molecule has 0 spiro atoms. The van der Waals surface area contributed by atoms with Gasteiger partial charge in [-0.05, 0) is 42.5 Å². The lowest BCUT2D eigenvalue weighted by Gasteiger charge is -2.26. The van der Waals surface area contributed by atoms with Crippen LogP contribution in [0.4, 0.5) is 5.69 Å². The van der Waals surface area contributed by atoms with E-state index in [-0.39, 0.29) is 42.4 Å². The highest BCUT2D eigenvalue weighted by Crippen LogP contribution is 2.30. The van der Waals surface area contributed by atoms with E-state index >= 15 is 0 Å². The lowest BCUT2D eigenvalue weighted by Crippen LogP contribution is -2.42. The van der Waals surface area contributed by atoms with Crippen molar-refractivity contribution in [2.45, 2.75) is 6.10 Å². The molecule has 2 amide bonds. The SMILES string of the molecule is O=C(COc1ccc(Cl)cc1C(=O)Nc1ccccc1)NCC1COc2ccccc2O1. The zero-order valence-corrected chi connectivity index (χ0v) is 17.8. The number of nitrogens with one attached hydrogen (secondary N) is 2. The molecule has 3 aromatic carbocycles. The van der Waals surface area contributed by atoms with Gasteiger partial charge in [-0.3, -0.25) is 9.59 Å². The van der Waals surface area contributed by atoms with E-state index in [1.807, 2.05) is 42.5 Å². The predicted molar refractivity (Wildman–Crippen MR) is 121 cm³/mol. The number of ether oxygens (including phenoxy) is 3. The Bertz CT molecular complexity index is 1110. The molecular weight excluding hydrogens is 432 g/mol. The van der Waals surface area contributed by atoms with Crippen LogP contribution in [0.5, 0.6) is 17.2 Å². The largest absolute Gasteiger partial charge is 0.486 e. The van der Waals surface area contributed by atoms with E-state index in [2.05, 4.69) is 10.6 Å². The first-order valence-corrected chi connectivity index (χ1v) is 10.4. The molecule has 7 nitrogen and oxygen atoms in total. The van der Waals surface area contributed by atoms with Gasteiger partial charge in [0.15, 0.2) is 18.1 Å². The van der Waals surface area contributed by atoms with Gasteiger partial charge < -0.3 is 24.8 Å². The van der Waals surface area contributed by atoms with Crippen molar-refractivity contribution in [3.63, 3.8) is 0 Å². The molecule has 0 bridgehead atoms. The van der Waals surface area contributed by atoms with E-state index in [0.717, 1.165) is 0 Å². The molecule has 2 N–H and O–H groups in total. The first kappa shape index (κ1) is 21.5. The minimum Gasteiger partial charge on any atom is -0.486 e. The Kier molecular flexibility index (Phi) is 6.77. The maximum Gasteiger partial charge on any atom is 0.259 e. The normalized spacial score (nSPS) is 14.3. The van der Waals surface area contributed by atoms with Gasteiger partial charge in [-0.2, -0.15) is 0 Å². The van der Waals surface area contributed by atoms with E-state index < -0.39 is 0 Å². The number of amides is 2. The quantitative estimate of drug-likeness (QED) is 0.567. The summed E-state index contributed by atoms with van der Waals surface area (Å²) in [5, 5.41) is 5.92. The molecule has 0 saturated heterocycles. The van der Waals surface area contributed by atoms with E-state index in [0.29, 0.717) is 28.8 Å². The van der Waals surface area contributed by atoms with Crippen LogP contribution < -0.4 is 24.8 Å². The summed E-state index contributed by atoms with van der Waals surface area (Å²) in [6.45, 7) is 0.328. The average molecular weight is 453 g/mol. The van der Waals surface area contributed by atoms with Crippen molar-refractivity contribution < 1.29 is 23.8 Å². The van der Waals surface area contributed by atoms with Crippen LogP contribution in [0, 0.1) is 0 Å². The molecule has 1 aliphatic rings. The molecule has 0 aromatic heterocycles. The standard InChI is InChI=1S/C24H21ClN2O5/c25-16-10-11-20(19(12-16)24(29)27-17-6-2-1-3-7-17)31-15-23(28)26-13-18-14-30-21-8-4-5-9-22(21)32-18/h1-12,18H,13-15H2,(H,26,28)(H,27,29). The highest BCUT2D eigenvalue weighted by molar-refractivity contribution is 6.31. The van der Waals surface area contributed by atoms with Crippen LogP contribution in [0.25, 0.3) is 0 Å². The van der Waals surface area contributed by atoms with Gasteiger partial charge >= 0.3 is 0 Å². The van der Waals surface area contributed by atoms with Crippen molar-refractivity contribution >= 4 is 29.1 Å². The molecule has 0 saturated carbocycles. The monoisotopic (exact) mass is 452 g/mol. The fourth-order valence-corrected chi connectivity index (χ4v) is 3.28. The summed E-state index contributed by atoms with van der Waals surface area (Å²) in [4.78, 5) is 25.0. The number of halogens is 1. The van der Waals surface area contributed by atoms with Crippen molar-refractivity contribution in [3.05, 3.63) is 83.4 Å². The third-order valence-corrected chi connectivity index (χ3v) is 4.91. The van der Waals surface area contributed by atoms with Gasteiger partial charge in [-0.1, -0.05) is 41.9 Å². The van der Waals surface area contributed by atoms with Gasteiger partial charge in [0.1, 0.15) is 18.5 Å². The van der Waals surface area contributed by atoms with Crippen LogP contribution in [-0.4, -0.2) is 37.7 Å². The molecule has 3 aromatic rings. The van der Waals surface area contributed by atoms with E-state index in [4.69, 9.17) is 25.8 Å². The van der Waals surface area contributed by atoms with Gasteiger partial charge in [-0.15, -0.1) is 0 Å². The lowest BCUT2D eigenvalue weighted by molar-refractivity contribution is -0.123. The molecule has 32 heavy (non-hydrogen) atoms. The Hall–Kier alpha value is -3.71. The number of hydrogen-bond donors (Lipinski definition) is 2. The molecule has 1 heterocycles. The summed E-state index contributed by atoms with van der Waals surface area (Å²) < 4.78 is 17.1. The Morgan fingerprint density at radius 1 is 1.00 bits per heavy atom. The second kappa shape index (κ2) is 10.1. The fourth-order valence-electron chi connectivity index (χ4n) is 3.11. The zero-order valence-electron chi connectivity index (χ0n) is 17.0. The maximum atomic E-state index is 12.7. The van der Waals surface area contributed by atoms with Gasteiger partial charge in [0.2, 0.25) is 0 Å². The number of carbonyl (C=O) groups excluding carboxylic acids is 2. The van der Waals surface area contributed by atoms with Crippen LogP contribution in [0.15, 0.2) is 72.8 Å². The van der Waals surface area contributed by atoms with Gasteiger partial charge in [0.05, 0.1) is 12.1 Å². The van der Waals surface area contributed by atoms with Crippen molar-refractivity contribution in [3.8, 4) is 17.2 Å². The maximum absolute atomic E-state index is 12.7. The van der Waals surface area contributed by atoms with Crippen LogP contribution in [0.3, 0.4) is 0 Å². The lowest BCUT2D eigenvalue weighted by atomic mass is 10.2. The third kappa shape index (κ3) is 5.50. The van der Waals surface area contributed by atoms with E-state index in [1.165, 1.54) is 6.07 Å². The number of fused-ring (bicyclic) bond motifs is 1. The summed E-state index contributed by atoms with van der Waals surface area (Å²) in [5.41, 5.74) is 0.868. The predicted octanol–water partition coefficient (Wildman–Crippen LogP) is 3.93. The zero-order chi connectivity index (χ0) is 22.3. The second-order valence-electron chi connectivity index (χ2n) is 7.05. The summed E-state index contributed by atoms with van der Waals surface area (Å²) in [6, 6.07) is 21.0. The third-order valence-electron chi connectivity index (χ3n) is 4.67. The Balaban J connectivity index is 1.31. The Morgan fingerprint density at radius 3 is 2.56 bits per heavy atom. The van der Waals surface area contributed by atoms with Crippen LogP contribution in [0.1, 0.15) is 10.4 Å². The molecule has 4 rings (SSSR count). The molecule has 0 aliphatic carbocycles. The molecule has 1 atom stereocenters. The number of carbonyl (C=O) groups is 2. The molecule has 1 aliphatic heterocycles. The minimum atomic E-state index is -0.388. The topological polar surface area (TPSA) is 85.9 Å². The van der Waals surface area contributed by atoms with Gasteiger partial charge in [0, 0.05) is 10.7 Å². The number of anilines is 1. The molecule has 8 heteroatoms. The number of hydrogen-bond acceptors (Lipinski definition) is 5. The Morgan fingerprint density at radius 2 is 1.75 bits per heavy atom. The summed E-state index contributed by atoms with van der Waals surface area (Å²) >= 11 is 6.06. The van der Waals surface area contributed by atoms with Crippen LogP contribution >= 0.6 is 11.6 Å². The summed E-state index contributed by atoms with van der Waals surface area (Å²) in [7, 11) is 0. The minimum absolute atomic E-state index is 0.231.